The third-order valence-electron chi connectivity index (χ3n) is 6.11. The molecule has 1 fully saturated rings. The molecular weight excluding hydrogens is 432 g/mol. The first-order chi connectivity index (χ1) is 15.3. The van der Waals surface area contributed by atoms with Crippen molar-refractivity contribution in [2.24, 2.45) is 0 Å². The smallest absolute Gasteiger partial charge is 0.293 e. The summed E-state index contributed by atoms with van der Waals surface area (Å²) in [4.78, 5) is 13.2. The molecule has 2 aromatic rings. The molecule has 1 atom stereocenters. The number of anilines is 1. The monoisotopic (exact) mass is 462 g/mol. The van der Waals surface area contributed by atoms with Crippen LogP contribution in [-0.4, -0.2) is 47.2 Å². The third-order valence-corrected chi connectivity index (χ3v) is 7.77. The summed E-state index contributed by atoms with van der Waals surface area (Å²) in [5.41, 5.74) is 0.246. The first-order valence-corrected chi connectivity index (χ1v) is 12.7. The Hall–Kier alpha value is -2.53. The second kappa shape index (κ2) is 9.14. The minimum Gasteiger partial charge on any atom is -0.365 e. The van der Waals surface area contributed by atoms with E-state index in [0.717, 1.165) is 56.4 Å². The molecular formula is C21H30N6O4S. The minimum atomic E-state index is -3.82. The summed E-state index contributed by atoms with van der Waals surface area (Å²) in [7, 11) is -3.82. The van der Waals surface area contributed by atoms with Crippen molar-refractivity contribution in [2.45, 2.75) is 75.8 Å². The van der Waals surface area contributed by atoms with Crippen molar-refractivity contribution in [3.05, 3.63) is 40.0 Å². The minimum absolute atomic E-state index is 0.0991. The van der Waals surface area contributed by atoms with Gasteiger partial charge in [-0.15, -0.1) is 10.2 Å². The van der Waals surface area contributed by atoms with Gasteiger partial charge in [-0.05, 0) is 51.7 Å². The number of nitrogens with zero attached hydrogens (tertiary/aromatic N) is 5. The Labute approximate surface area is 188 Å². The topological polar surface area (TPSA) is 123 Å². The quantitative estimate of drug-likeness (QED) is 0.517. The number of sulfonamides is 1. The van der Waals surface area contributed by atoms with E-state index in [1.54, 1.807) is 19.9 Å². The molecule has 0 bridgehead atoms. The van der Waals surface area contributed by atoms with Gasteiger partial charge in [0, 0.05) is 44.1 Å². The zero-order valence-electron chi connectivity index (χ0n) is 18.5. The Kier molecular flexibility index (Phi) is 6.47. The number of nitro groups is 1. The van der Waals surface area contributed by atoms with E-state index in [1.165, 1.54) is 12.5 Å². The highest BCUT2D eigenvalue weighted by Crippen LogP contribution is 2.36. The first-order valence-electron chi connectivity index (χ1n) is 11.2. The fourth-order valence-corrected chi connectivity index (χ4v) is 5.95. The van der Waals surface area contributed by atoms with Crippen molar-refractivity contribution in [1.82, 2.24) is 19.5 Å². The first kappa shape index (κ1) is 22.7. The van der Waals surface area contributed by atoms with Crippen LogP contribution in [-0.2, 0) is 23.0 Å². The molecule has 0 aliphatic carbocycles. The van der Waals surface area contributed by atoms with Crippen molar-refractivity contribution in [1.29, 1.82) is 0 Å². The van der Waals surface area contributed by atoms with Crippen LogP contribution in [0.5, 0.6) is 0 Å². The van der Waals surface area contributed by atoms with Gasteiger partial charge in [0.25, 0.3) is 5.69 Å². The standard InChI is InChI=1S/C21H30N6O4S/c1-15(2)24-32(30,31)17-9-10-18(19(13-17)27(28)29)25-11-6-7-16(14-25)21-23-22-20-8-4-3-5-12-26(20)21/h9-10,13,15-16,24H,3-8,11-12,14H2,1-2H3. The number of aromatic nitrogens is 3. The van der Waals surface area contributed by atoms with E-state index in [-0.39, 0.29) is 22.5 Å². The van der Waals surface area contributed by atoms with Gasteiger partial charge in [0.2, 0.25) is 10.0 Å². The van der Waals surface area contributed by atoms with Crippen molar-refractivity contribution in [3.63, 3.8) is 0 Å². The summed E-state index contributed by atoms with van der Waals surface area (Å²) in [5.74, 6) is 2.14. The number of fused-ring (bicyclic) bond motifs is 1. The number of benzene rings is 1. The molecule has 0 spiro atoms. The summed E-state index contributed by atoms with van der Waals surface area (Å²) in [6.07, 6.45) is 6.19. The average Bonchev–Trinajstić information content (AvgIpc) is 3.00. The van der Waals surface area contributed by atoms with Crippen molar-refractivity contribution in [2.75, 3.05) is 18.0 Å². The molecule has 0 radical (unpaired) electrons. The lowest BCUT2D eigenvalue weighted by Gasteiger charge is -2.33. The SMILES string of the molecule is CC(C)NS(=O)(=O)c1ccc(N2CCCC(c3nnc4n3CCCCC4)C2)c([N+](=O)[O-])c1. The predicted octanol–water partition coefficient (Wildman–Crippen LogP) is 2.98. The largest absolute Gasteiger partial charge is 0.365 e. The molecule has 1 aromatic carbocycles. The molecule has 3 heterocycles. The third kappa shape index (κ3) is 4.63. The molecule has 2 aliphatic rings. The van der Waals surface area contributed by atoms with E-state index >= 15 is 0 Å². The van der Waals surface area contributed by atoms with Crippen LogP contribution in [0.3, 0.4) is 0 Å². The number of rotatable bonds is 6. The Balaban J connectivity index is 1.62. The Bertz CT molecular complexity index is 1100. The van der Waals surface area contributed by atoms with Gasteiger partial charge < -0.3 is 9.47 Å². The lowest BCUT2D eigenvalue weighted by atomic mass is 9.96. The Morgan fingerprint density at radius 3 is 2.72 bits per heavy atom. The second-order valence-electron chi connectivity index (χ2n) is 8.91. The van der Waals surface area contributed by atoms with Crippen LogP contribution >= 0.6 is 0 Å². The molecule has 0 amide bonds. The van der Waals surface area contributed by atoms with Crippen LogP contribution in [0.1, 0.15) is 63.5 Å². The Morgan fingerprint density at radius 2 is 1.97 bits per heavy atom. The predicted molar refractivity (Wildman–Crippen MR) is 120 cm³/mol. The van der Waals surface area contributed by atoms with E-state index in [4.69, 9.17) is 0 Å². The Morgan fingerprint density at radius 1 is 1.16 bits per heavy atom. The van der Waals surface area contributed by atoms with Gasteiger partial charge in [-0.25, -0.2) is 13.1 Å². The number of nitrogens with one attached hydrogen (secondary N) is 1. The molecule has 11 heteroatoms. The lowest BCUT2D eigenvalue weighted by molar-refractivity contribution is -0.384. The molecule has 4 rings (SSSR count). The number of nitro benzene ring substituents is 1. The zero-order valence-corrected chi connectivity index (χ0v) is 19.3. The summed E-state index contributed by atoms with van der Waals surface area (Å²) < 4.78 is 29.7. The molecule has 174 valence electrons. The van der Waals surface area contributed by atoms with Crippen LogP contribution in [0.2, 0.25) is 0 Å². The van der Waals surface area contributed by atoms with Crippen LogP contribution in [0.4, 0.5) is 11.4 Å². The van der Waals surface area contributed by atoms with Crippen molar-refractivity contribution < 1.29 is 13.3 Å². The summed E-state index contributed by atoms with van der Waals surface area (Å²) in [6.45, 7) is 5.60. The maximum atomic E-state index is 12.5. The van der Waals surface area contributed by atoms with Gasteiger partial charge in [0.05, 0.1) is 9.82 Å². The van der Waals surface area contributed by atoms with Gasteiger partial charge >= 0.3 is 0 Å². The van der Waals surface area contributed by atoms with Crippen LogP contribution in [0.15, 0.2) is 23.1 Å². The van der Waals surface area contributed by atoms with Gasteiger partial charge in [0.1, 0.15) is 17.3 Å². The highest BCUT2D eigenvalue weighted by molar-refractivity contribution is 7.89. The van der Waals surface area contributed by atoms with E-state index in [9.17, 15) is 18.5 Å². The summed E-state index contributed by atoms with van der Waals surface area (Å²) in [6, 6.07) is 3.85. The maximum Gasteiger partial charge on any atom is 0.293 e. The second-order valence-corrected chi connectivity index (χ2v) is 10.6. The molecule has 10 nitrogen and oxygen atoms in total. The number of hydrogen-bond donors (Lipinski definition) is 1. The fourth-order valence-electron chi connectivity index (χ4n) is 4.68. The lowest BCUT2D eigenvalue weighted by Crippen LogP contribution is -2.36. The van der Waals surface area contributed by atoms with Crippen molar-refractivity contribution in [3.8, 4) is 0 Å². The molecule has 32 heavy (non-hydrogen) atoms. The number of aryl methyl sites for hydroxylation is 1. The summed E-state index contributed by atoms with van der Waals surface area (Å²) >= 11 is 0. The van der Waals surface area contributed by atoms with E-state index in [0.29, 0.717) is 18.8 Å². The molecule has 1 aromatic heterocycles. The number of piperidine rings is 1. The molecule has 1 saturated heterocycles. The molecule has 1 unspecified atom stereocenters. The highest BCUT2D eigenvalue weighted by atomic mass is 32.2. The van der Waals surface area contributed by atoms with Crippen LogP contribution < -0.4 is 9.62 Å². The molecule has 1 N–H and O–H groups in total. The van der Waals surface area contributed by atoms with Crippen LogP contribution in [0.25, 0.3) is 0 Å². The maximum absolute atomic E-state index is 12.5. The molecule has 2 aliphatic heterocycles. The van der Waals surface area contributed by atoms with Crippen LogP contribution in [0, 0.1) is 10.1 Å². The van der Waals surface area contributed by atoms with Gasteiger partial charge in [-0.2, -0.15) is 0 Å². The fraction of sp³-hybridized carbons (Fsp3) is 0.619. The number of hydrogen-bond acceptors (Lipinski definition) is 7. The van der Waals surface area contributed by atoms with E-state index < -0.39 is 14.9 Å². The van der Waals surface area contributed by atoms with Gasteiger partial charge in [0.15, 0.2) is 0 Å². The average molecular weight is 463 g/mol. The van der Waals surface area contributed by atoms with Crippen molar-refractivity contribution >= 4 is 21.4 Å². The van der Waals surface area contributed by atoms with E-state index in [1.807, 2.05) is 4.90 Å². The van der Waals surface area contributed by atoms with Gasteiger partial charge in [-0.1, -0.05) is 6.42 Å². The van der Waals surface area contributed by atoms with Gasteiger partial charge in [-0.3, -0.25) is 10.1 Å². The zero-order chi connectivity index (χ0) is 22.9. The van der Waals surface area contributed by atoms with E-state index in [2.05, 4.69) is 19.5 Å². The highest BCUT2D eigenvalue weighted by Gasteiger charge is 2.31. The molecule has 0 saturated carbocycles. The normalized spacial score (nSPS) is 19.6. The summed E-state index contributed by atoms with van der Waals surface area (Å²) in [5, 5.41) is 20.7.